The molecule has 8 bridgehead atoms. The van der Waals surface area contributed by atoms with Crippen molar-refractivity contribution in [3.63, 3.8) is 0 Å². The van der Waals surface area contributed by atoms with Gasteiger partial charge in [-0.3, -0.25) is 0 Å². The molecule has 0 atom stereocenters. The number of fused-ring (bicyclic) bond motifs is 8. The number of hydrogen-bond donors (Lipinski definition) is 1. The Bertz CT molecular complexity index is 1910. The molecule has 4 heteroatoms. The molecule has 0 fully saturated rings. The summed E-state index contributed by atoms with van der Waals surface area (Å²) in [6, 6.07) is 18.7. The smallest absolute Gasteiger partial charge is 0.126 e. The van der Waals surface area contributed by atoms with Crippen molar-refractivity contribution in [2.45, 2.75) is 170 Å². The summed E-state index contributed by atoms with van der Waals surface area (Å²) in [5.74, 6) is 3.19. The van der Waals surface area contributed by atoms with E-state index in [-0.39, 0.29) is 21.7 Å². The highest BCUT2D eigenvalue weighted by atomic mass is 16.5. The highest BCUT2D eigenvalue weighted by molar-refractivity contribution is 5.59. The summed E-state index contributed by atoms with van der Waals surface area (Å²) in [6.45, 7) is 35.8. The van der Waals surface area contributed by atoms with E-state index in [1.165, 1.54) is 33.4 Å². The first-order valence-corrected chi connectivity index (χ1v) is 21.8. The number of benzene rings is 4. The van der Waals surface area contributed by atoms with E-state index in [4.69, 9.17) is 14.2 Å². The van der Waals surface area contributed by atoms with Crippen LogP contribution in [0.1, 0.15) is 190 Å². The molecule has 4 aromatic rings. The fourth-order valence-corrected chi connectivity index (χ4v) is 7.80. The van der Waals surface area contributed by atoms with Crippen LogP contribution in [0.15, 0.2) is 48.5 Å². The molecular formula is C53H74O4. The predicted octanol–water partition coefficient (Wildman–Crippen LogP) is 13.6. The van der Waals surface area contributed by atoms with Crippen molar-refractivity contribution in [3.05, 3.63) is 115 Å². The molecule has 0 spiro atoms. The Morgan fingerprint density at radius 1 is 0.368 bits per heavy atom. The lowest BCUT2D eigenvalue weighted by Crippen LogP contribution is -2.17. The van der Waals surface area contributed by atoms with E-state index < -0.39 is 0 Å². The summed E-state index contributed by atoms with van der Waals surface area (Å²) in [7, 11) is 0. The molecule has 0 saturated carbocycles. The summed E-state index contributed by atoms with van der Waals surface area (Å²) in [4.78, 5) is 0. The molecule has 0 saturated heterocycles. The number of rotatable bonds is 9. The lowest BCUT2D eigenvalue weighted by molar-refractivity contribution is 0.306. The van der Waals surface area contributed by atoms with Gasteiger partial charge < -0.3 is 19.3 Å². The number of hydrogen-bond acceptors (Lipinski definition) is 4. The van der Waals surface area contributed by atoms with Crippen LogP contribution < -0.4 is 14.2 Å². The van der Waals surface area contributed by atoms with Crippen molar-refractivity contribution in [3.8, 4) is 23.0 Å². The molecule has 0 aromatic heterocycles. The van der Waals surface area contributed by atoms with Gasteiger partial charge in [-0.2, -0.15) is 0 Å². The van der Waals surface area contributed by atoms with E-state index in [9.17, 15) is 5.11 Å². The van der Waals surface area contributed by atoms with Crippen LogP contribution in [0.3, 0.4) is 0 Å². The molecule has 310 valence electrons. The first-order chi connectivity index (χ1) is 26.5. The maximum absolute atomic E-state index is 12.4. The molecule has 4 nitrogen and oxygen atoms in total. The molecule has 1 aliphatic carbocycles. The van der Waals surface area contributed by atoms with Gasteiger partial charge in [0.2, 0.25) is 0 Å². The zero-order chi connectivity index (χ0) is 42.1. The van der Waals surface area contributed by atoms with Crippen LogP contribution >= 0.6 is 0 Å². The average molecular weight is 775 g/mol. The van der Waals surface area contributed by atoms with E-state index in [1.807, 2.05) is 0 Å². The molecule has 0 aliphatic heterocycles. The van der Waals surface area contributed by atoms with E-state index in [0.717, 1.165) is 69.9 Å². The second-order valence-electron chi connectivity index (χ2n) is 20.8. The number of phenols is 1. The SMILES string of the molecule is CCCOc1c2cc(C(C)(C)C)cc1Cc1cc(C(C)(C)C)cc(c1OCCC)Cc1cc(C(C)(C)C)cc(c1OCCC)Cc1cc(C(C)(C)C)cc(c1O)C2. The van der Waals surface area contributed by atoms with Crippen LogP contribution in [0.25, 0.3) is 0 Å². The Morgan fingerprint density at radius 3 is 0.754 bits per heavy atom. The molecule has 57 heavy (non-hydrogen) atoms. The largest absolute Gasteiger partial charge is 0.507 e. The summed E-state index contributed by atoms with van der Waals surface area (Å²) in [5.41, 5.74) is 13.4. The van der Waals surface area contributed by atoms with Gasteiger partial charge in [-0.15, -0.1) is 0 Å². The van der Waals surface area contributed by atoms with Gasteiger partial charge in [-0.25, -0.2) is 0 Å². The van der Waals surface area contributed by atoms with Crippen molar-refractivity contribution in [1.29, 1.82) is 0 Å². The fraction of sp³-hybridized carbons (Fsp3) is 0.547. The quantitative estimate of drug-likeness (QED) is 0.162. The van der Waals surface area contributed by atoms with Crippen LogP contribution in [-0.4, -0.2) is 24.9 Å². The average Bonchev–Trinajstić information content (AvgIpc) is 3.09. The van der Waals surface area contributed by atoms with E-state index in [0.29, 0.717) is 51.3 Å². The van der Waals surface area contributed by atoms with Gasteiger partial charge in [0.15, 0.2) is 0 Å². The topological polar surface area (TPSA) is 47.9 Å². The molecule has 1 N–H and O–H groups in total. The highest BCUT2D eigenvalue weighted by Gasteiger charge is 2.29. The Hall–Kier alpha value is -3.92. The molecule has 1 aliphatic rings. The standard InChI is InChI=1S/C53H74O4/c1-16-19-55-47-36-22-34-26-42(50(4,5)6)27-35(46(34)54)23-37-29-44(52(10,11)12)31-39(48(37)56-20-17-2)25-41-33-45(53(13,14)15)32-40(49(41)57-21-18-3)24-38(47)30-43(28-36)51(7,8)9/h26-33,54H,16-25H2,1-15H3. The van der Waals surface area contributed by atoms with E-state index in [1.54, 1.807) is 0 Å². The molecule has 5 rings (SSSR count). The third-order valence-corrected chi connectivity index (χ3v) is 11.3. The van der Waals surface area contributed by atoms with Crippen LogP contribution in [0.2, 0.25) is 0 Å². The molecule has 0 heterocycles. The van der Waals surface area contributed by atoms with Gasteiger partial charge in [-0.1, -0.05) is 152 Å². The van der Waals surface area contributed by atoms with Gasteiger partial charge in [0.05, 0.1) is 19.8 Å². The maximum Gasteiger partial charge on any atom is 0.126 e. The van der Waals surface area contributed by atoms with Crippen molar-refractivity contribution >= 4 is 0 Å². The Labute approximate surface area is 346 Å². The van der Waals surface area contributed by atoms with Gasteiger partial charge in [0.1, 0.15) is 23.0 Å². The molecule has 0 unspecified atom stereocenters. The van der Waals surface area contributed by atoms with Crippen molar-refractivity contribution in [2.24, 2.45) is 0 Å². The molecule has 0 amide bonds. The predicted molar refractivity (Wildman–Crippen MR) is 241 cm³/mol. The number of ether oxygens (including phenoxy) is 3. The maximum atomic E-state index is 12.4. The zero-order valence-electron chi connectivity index (χ0n) is 38.4. The lowest BCUT2D eigenvalue weighted by atomic mass is 9.79. The van der Waals surface area contributed by atoms with Crippen molar-refractivity contribution in [1.82, 2.24) is 0 Å². The Morgan fingerprint density at radius 2 is 0.561 bits per heavy atom. The first-order valence-electron chi connectivity index (χ1n) is 21.8. The van der Waals surface area contributed by atoms with Crippen LogP contribution in [0.4, 0.5) is 0 Å². The van der Waals surface area contributed by atoms with Crippen LogP contribution in [0, 0.1) is 0 Å². The van der Waals surface area contributed by atoms with Crippen molar-refractivity contribution in [2.75, 3.05) is 19.8 Å². The minimum absolute atomic E-state index is 0.0848. The second-order valence-corrected chi connectivity index (χ2v) is 20.8. The normalized spacial score (nSPS) is 13.7. The van der Waals surface area contributed by atoms with Crippen LogP contribution in [0.5, 0.6) is 23.0 Å². The summed E-state index contributed by atoms with van der Waals surface area (Å²) in [5, 5.41) is 12.4. The monoisotopic (exact) mass is 775 g/mol. The summed E-state index contributed by atoms with van der Waals surface area (Å²) >= 11 is 0. The third-order valence-electron chi connectivity index (χ3n) is 11.3. The Kier molecular flexibility index (Phi) is 13.3. The van der Waals surface area contributed by atoms with E-state index >= 15 is 0 Å². The summed E-state index contributed by atoms with van der Waals surface area (Å²) < 4.78 is 20.5. The van der Waals surface area contributed by atoms with Gasteiger partial charge in [-0.05, 0) is 108 Å². The molecular weight excluding hydrogens is 701 g/mol. The van der Waals surface area contributed by atoms with Gasteiger partial charge in [0.25, 0.3) is 0 Å². The van der Waals surface area contributed by atoms with E-state index in [2.05, 4.69) is 152 Å². The molecule has 4 aromatic carbocycles. The second kappa shape index (κ2) is 17.1. The highest BCUT2D eigenvalue weighted by Crippen LogP contribution is 2.44. The zero-order valence-corrected chi connectivity index (χ0v) is 38.4. The van der Waals surface area contributed by atoms with Crippen molar-refractivity contribution < 1.29 is 19.3 Å². The molecule has 0 radical (unpaired) electrons. The fourth-order valence-electron chi connectivity index (χ4n) is 7.80. The van der Waals surface area contributed by atoms with Crippen LogP contribution in [-0.2, 0) is 47.3 Å². The number of aromatic hydroxyl groups is 1. The minimum Gasteiger partial charge on any atom is -0.507 e. The van der Waals surface area contributed by atoms with Gasteiger partial charge in [0, 0.05) is 25.7 Å². The van der Waals surface area contributed by atoms with Gasteiger partial charge >= 0.3 is 0 Å². The first kappa shape index (κ1) is 44.2. The lowest BCUT2D eigenvalue weighted by Gasteiger charge is -2.29. The Balaban J connectivity index is 1.98. The minimum atomic E-state index is -0.125. The number of phenolic OH excluding ortho intramolecular Hbond substituents is 1. The summed E-state index contributed by atoms with van der Waals surface area (Å²) in [6.07, 6.45) is 5.16. The third kappa shape index (κ3) is 10.4.